The second-order valence-electron chi connectivity index (χ2n) is 6.00. The SMILES string of the molecule is CCCN(CCC)CCCC(=O)NC1CCCNC1C. The van der Waals surface area contributed by atoms with E-state index in [0.29, 0.717) is 18.5 Å². The zero-order valence-electron chi connectivity index (χ0n) is 13.6. The van der Waals surface area contributed by atoms with Gasteiger partial charge < -0.3 is 15.5 Å². The fraction of sp³-hybridized carbons (Fsp3) is 0.938. The van der Waals surface area contributed by atoms with Gasteiger partial charge in [-0.15, -0.1) is 0 Å². The van der Waals surface area contributed by atoms with Gasteiger partial charge in [-0.2, -0.15) is 0 Å². The highest BCUT2D eigenvalue weighted by Crippen LogP contribution is 2.08. The fourth-order valence-electron chi connectivity index (χ4n) is 2.95. The highest BCUT2D eigenvalue weighted by atomic mass is 16.1. The number of carbonyl (C=O) groups excluding carboxylic acids is 1. The largest absolute Gasteiger partial charge is 0.352 e. The van der Waals surface area contributed by atoms with Gasteiger partial charge in [0.1, 0.15) is 0 Å². The third kappa shape index (κ3) is 6.71. The van der Waals surface area contributed by atoms with Gasteiger partial charge >= 0.3 is 0 Å². The maximum absolute atomic E-state index is 12.0. The van der Waals surface area contributed by atoms with E-state index in [4.69, 9.17) is 0 Å². The van der Waals surface area contributed by atoms with Crippen molar-refractivity contribution in [2.45, 2.75) is 71.4 Å². The van der Waals surface area contributed by atoms with Gasteiger partial charge in [0, 0.05) is 18.5 Å². The van der Waals surface area contributed by atoms with Crippen molar-refractivity contribution in [3.8, 4) is 0 Å². The summed E-state index contributed by atoms with van der Waals surface area (Å²) in [7, 11) is 0. The Morgan fingerprint density at radius 3 is 2.55 bits per heavy atom. The van der Waals surface area contributed by atoms with Crippen LogP contribution >= 0.6 is 0 Å². The van der Waals surface area contributed by atoms with Gasteiger partial charge in [-0.25, -0.2) is 0 Å². The summed E-state index contributed by atoms with van der Waals surface area (Å²) in [4.78, 5) is 14.5. The summed E-state index contributed by atoms with van der Waals surface area (Å²) in [5.74, 6) is 0.221. The van der Waals surface area contributed by atoms with E-state index in [2.05, 4.69) is 36.3 Å². The lowest BCUT2D eigenvalue weighted by atomic mass is 10.00. The zero-order valence-corrected chi connectivity index (χ0v) is 13.6. The van der Waals surface area contributed by atoms with Crippen molar-refractivity contribution in [1.82, 2.24) is 15.5 Å². The molecular formula is C16H33N3O. The molecule has 1 rings (SSSR count). The van der Waals surface area contributed by atoms with E-state index in [-0.39, 0.29) is 5.91 Å². The van der Waals surface area contributed by atoms with Crippen LogP contribution in [0.4, 0.5) is 0 Å². The molecule has 2 unspecified atom stereocenters. The molecule has 0 spiro atoms. The first kappa shape index (κ1) is 17.4. The molecule has 0 aliphatic carbocycles. The van der Waals surface area contributed by atoms with Gasteiger partial charge in [0.05, 0.1) is 0 Å². The molecule has 1 saturated heterocycles. The van der Waals surface area contributed by atoms with E-state index in [0.717, 1.165) is 45.4 Å². The van der Waals surface area contributed by atoms with Gasteiger partial charge in [0.25, 0.3) is 0 Å². The Balaban J connectivity index is 2.18. The van der Waals surface area contributed by atoms with Crippen molar-refractivity contribution >= 4 is 5.91 Å². The molecule has 0 saturated carbocycles. The van der Waals surface area contributed by atoms with E-state index >= 15 is 0 Å². The minimum absolute atomic E-state index is 0.221. The number of carbonyl (C=O) groups is 1. The van der Waals surface area contributed by atoms with Gasteiger partial charge in [0.2, 0.25) is 5.91 Å². The van der Waals surface area contributed by atoms with Crippen molar-refractivity contribution in [3.05, 3.63) is 0 Å². The van der Waals surface area contributed by atoms with Gasteiger partial charge in [-0.3, -0.25) is 4.79 Å². The van der Waals surface area contributed by atoms with Crippen molar-refractivity contribution in [2.75, 3.05) is 26.2 Å². The molecule has 1 aliphatic heterocycles. The second-order valence-corrected chi connectivity index (χ2v) is 6.00. The fourth-order valence-corrected chi connectivity index (χ4v) is 2.95. The third-order valence-corrected chi connectivity index (χ3v) is 4.07. The second kappa shape index (κ2) is 10.2. The topological polar surface area (TPSA) is 44.4 Å². The lowest BCUT2D eigenvalue weighted by Gasteiger charge is -2.30. The van der Waals surface area contributed by atoms with Crippen LogP contribution in [0.25, 0.3) is 0 Å². The molecule has 20 heavy (non-hydrogen) atoms. The Morgan fingerprint density at radius 1 is 1.25 bits per heavy atom. The lowest BCUT2D eigenvalue weighted by molar-refractivity contribution is -0.122. The van der Waals surface area contributed by atoms with E-state index < -0.39 is 0 Å². The smallest absolute Gasteiger partial charge is 0.220 e. The molecule has 4 nitrogen and oxygen atoms in total. The summed E-state index contributed by atoms with van der Waals surface area (Å²) in [5, 5.41) is 6.61. The van der Waals surface area contributed by atoms with Crippen molar-refractivity contribution in [1.29, 1.82) is 0 Å². The normalized spacial score (nSPS) is 23.0. The average molecular weight is 283 g/mol. The predicted molar refractivity (Wildman–Crippen MR) is 84.9 cm³/mol. The Hall–Kier alpha value is -0.610. The molecule has 0 aromatic heterocycles. The monoisotopic (exact) mass is 283 g/mol. The lowest BCUT2D eigenvalue weighted by Crippen LogP contribution is -2.51. The maximum atomic E-state index is 12.0. The molecule has 1 amide bonds. The van der Waals surface area contributed by atoms with E-state index in [1.54, 1.807) is 0 Å². The van der Waals surface area contributed by atoms with Crippen LogP contribution in [0.1, 0.15) is 59.3 Å². The first-order valence-electron chi connectivity index (χ1n) is 8.42. The molecule has 2 N–H and O–H groups in total. The van der Waals surface area contributed by atoms with E-state index in [1.165, 1.54) is 12.8 Å². The van der Waals surface area contributed by atoms with E-state index in [1.807, 2.05) is 0 Å². The van der Waals surface area contributed by atoms with Crippen molar-refractivity contribution in [3.63, 3.8) is 0 Å². The predicted octanol–water partition coefficient (Wildman–Crippen LogP) is 2.15. The minimum atomic E-state index is 0.221. The molecule has 0 aromatic carbocycles. The van der Waals surface area contributed by atoms with Crippen LogP contribution in [-0.4, -0.2) is 49.1 Å². The molecule has 118 valence electrons. The minimum Gasteiger partial charge on any atom is -0.352 e. The number of hydrogen-bond donors (Lipinski definition) is 2. The summed E-state index contributed by atoms with van der Waals surface area (Å²) in [6, 6.07) is 0.725. The Bertz CT molecular complexity index is 264. The number of nitrogens with zero attached hydrogens (tertiary/aromatic N) is 1. The van der Waals surface area contributed by atoms with Gasteiger partial charge in [0.15, 0.2) is 0 Å². The molecule has 0 radical (unpaired) electrons. The highest BCUT2D eigenvalue weighted by Gasteiger charge is 2.21. The van der Waals surface area contributed by atoms with Crippen LogP contribution in [-0.2, 0) is 4.79 Å². The zero-order chi connectivity index (χ0) is 14.8. The number of piperidine rings is 1. The van der Waals surface area contributed by atoms with Crippen LogP contribution in [0.5, 0.6) is 0 Å². The third-order valence-electron chi connectivity index (χ3n) is 4.07. The summed E-state index contributed by atoms with van der Waals surface area (Å²) in [5.41, 5.74) is 0. The Labute approximate surface area is 124 Å². The molecule has 1 fully saturated rings. The molecule has 4 heteroatoms. The summed E-state index contributed by atoms with van der Waals surface area (Å²) < 4.78 is 0. The van der Waals surface area contributed by atoms with Crippen LogP contribution in [0.3, 0.4) is 0 Å². The first-order chi connectivity index (χ1) is 9.67. The first-order valence-corrected chi connectivity index (χ1v) is 8.42. The summed E-state index contributed by atoms with van der Waals surface area (Å²) in [6.07, 6.45) is 6.29. The van der Waals surface area contributed by atoms with Crippen LogP contribution in [0.15, 0.2) is 0 Å². The molecule has 1 aliphatic rings. The number of rotatable bonds is 9. The van der Waals surface area contributed by atoms with Gasteiger partial charge in [-0.1, -0.05) is 13.8 Å². The van der Waals surface area contributed by atoms with Crippen LogP contribution in [0.2, 0.25) is 0 Å². The number of hydrogen-bond acceptors (Lipinski definition) is 3. The standard InChI is InChI=1S/C16H33N3O/c1-4-11-19(12-5-2)13-7-9-16(20)18-15-8-6-10-17-14(15)3/h14-15,17H,4-13H2,1-3H3,(H,18,20). The Kier molecular flexibility index (Phi) is 8.86. The quantitative estimate of drug-likeness (QED) is 0.681. The van der Waals surface area contributed by atoms with Gasteiger partial charge in [-0.05, 0) is 65.2 Å². The van der Waals surface area contributed by atoms with E-state index in [9.17, 15) is 4.79 Å². The highest BCUT2D eigenvalue weighted by molar-refractivity contribution is 5.76. The summed E-state index contributed by atoms with van der Waals surface area (Å²) in [6.45, 7) is 11.0. The Morgan fingerprint density at radius 2 is 1.95 bits per heavy atom. The average Bonchev–Trinajstić information content (AvgIpc) is 2.42. The molecule has 2 atom stereocenters. The van der Waals surface area contributed by atoms with Crippen molar-refractivity contribution in [2.24, 2.45) is 0 Å². The number of amides is 1. The maximum Gasteiger partial charge on any atom is 0.220 e. The molecular weight excluding hydrogens is 250 g/mol. The summed E-state index contributed by atoms with van der Waals surface area (Å²) >= 11 is 0. The van der Waals surface area contributed by atoms with Crippen LogP contribution in [0, 0.1) is 0 Å². The molecule has 0 aromatic rings. The molecule has 1 heterocycles. The molecule has 0 bridgehead atoms. The number of nitrogens with one attached hydrogen (secondary N) is 2. The van der Waals surface area contributed by atoms with Crippen molar-refractivity contribution < 1.29 is 4.79 Å². The van der Waals surface area contributed by atoms with Crippen LogP contribution < -0.4 is 10.6 Å².